The maximum atomic E-state index is 13.6. The molecule has 178 valence electrons. The van der Waals surface area contributed by atoms with Gasteiger partial charge in [0.25, 0.3) is 17.2 Å². The Morgan fingerprint density at radius 3 is 2.49 bits per heavy atom. The zero-order chi connectivity index (χ0) is 25.3. The van der Waals surface area contributed by atoms with Crippen LogP contribution in [0.25, 0.3) is 16.6 Å². The number of fused-ring (bicyclic) bond motifs is 1. The predicted octanol–water partition coefficient (Wildman–Crippen LogP) is 4.96. The lowest BCUT2D eigenvalue weighted by atomic mass is 10.1. The number of hydrogen-bond donors (Lipinski definition) is 0. The van der Waals surface area contributed by atoms with Gasteiger partial charge in [-0.25, -0.2) is 9.37 Å². The molecule has 8 nitrogen and oxygen atoms in total. The Morgan fingerprint density at radius 2 is 1.83 bits per heavy atom. The number of nitro benzene ring substituents is 1. The molecule has 1 amide bonds. The number of benzene rings is 3. The number of carbonyl (C=O) groups excluding carboxylic acids is 1. The zero-order valence-electron chi connectivity index (χ0n) is 19.4. The highest BCUT2D eigenvalue weighted by Gasteiger charge is 2.28. The van der Waals surface area contributed by atoms with Crippen LogP contribution in [0.1, 0.15) is 41.6 Å². The van der Waals surface area contributed by atoms with E-state index in [4.69, 9.17) is 4.98 Å². The van der Waals surface area contributed by atoms with Gasteiger partial charge in [0, 0.05) is 23.7 Å². The second-order valence-corrected chi connectivity index (χ2v) is 8.13. The quantitative estimate of drug-likeness (QED) is 0.290. The summed E-state index contributed by atoms with van der Waals surface area (Å²) in [6, 6.07) is 16.0. The lowest BCUT2D eigenvalue weighted by Crippen LogP contribution is -2.37. The number of rotatable bonds is 6. The summed E-state index contributed by atoms with van der Waals surface area (Å²) in [6.07, 6.45) is 0. The van der Waals surface area contributed by atoms with E-state index in [2.05, 4.69) is 0 Å². The van der Waals surface area contributed by atoms with Crippen molar-refractivity contribution < 1.29 is 14.1 Å². The molecule has 0 spiro atoms. The van der Waals surface area contributed by atoms with Crippen LogP contribution in [0, 0.1) is 22.9 Å². The number of amides is 1. The van der Waals surface area contributed by atoms with Crippen LogP contribution < -0.4 is 5.56 Å². The number of carbonyl (C=O) groups is 1. The van der Waals surface area contributed by atoms with Gasteiger partial charge in [-0.1, -0.05) is 18.2 Å². The third-order valence-electron chi connectivity index (χ3n) is 5.98. The van der Waals surface area contributed by atoms with Gasteiger partial charge in [-0.05, 0) is 63.2 Å². The van der Waals surface area contributed by atoms with Crippen LogP contribution in [0.2, 0.25) is 0 Å². The van der Waals surface area contributed by atoms with Gasteiger partial charge in [0.15, 0.2) is 0 Å². The molecule has 1 atom stereocenters. The van der Waals surface area contributed by atoms with E-state index in [1.165, 1.54) is 45.9 Å². The van der Waals surface area contributed by atoms with Crippen molar-refractivity contribution in [3.63, 3.8) is 0 Å². The molecule has 1 heterocycles. The molecule has 0 saturated heterocycles. The highest BCUT2D eigenvalue weighted by Crippen LogP contribution is 2.26. The standard InChI is InChI=1S/C26H23FN4O4/c1-4-29(25(32)18-10-9-16(2)23(15-18)31(34)35)17(3)24-28-22-8-6-5-7-21(22)26(33)30(24)20-13-11-19(27)12-14-20/h5-15,17H,4H2,1-3H3. The third-order valence-corrected chi connectivity index (χ3v) is 5.98. The first-order valence-corrected chi connectivity index (χ1v) is 11.1. The van der Waals surface area contributed by atoms with Crippen LogP contribution in [0.5, 0.6) is 0 Å². The maximum Gasteiger partial charge on any atom is 0.273 e. The Bertz CT molecular complexity index is 1500. The van der Waals surface area contributed by atoms with Crippen LogP contribution in [0.4, 0.5) is 10.1 Å². The molecule has 35 heavy (non-hydrogen) atoms. The van der Waals surface area contributed by atoms with Crippen molar-refractivity contribution in [3.05, 3.63) is 110 Å². The molecule has 0 N–H and O–H groups in total. The molecule has 1 aromatic heterocycles. The SMILES string of the molecule is CCN(C(=O)c1ccc(C)c([N+](=O)[O-])c1)C(C)c1nc2ccccc2c(=O)n1-c1ccc(F)cc1. The van der Waals surface area contributed by atoms with E-state index in [9.17, 15) is 24.1 Å². The summed E-state index contributed by atoms with van der Waals surface area (Å²) < 4.78 is 15.0. The van der Waals surface area contributed by atoms with Crippen molar-refractivity contribution in [1.82, 2.24) is 14.5 Å². The summed E-state index contributed by atoms with van der Waals surface area (Å²) in [4.78, 5) is 44.0. The monoisotopic (exact) mass is 474 g/mol. The normalized spacial score (nSPS) is 11.9. The van der Waals surface area contributed by atoms with E-state index < -0.39 is 22.7 Å². The molecule has 0 aliphatic carbocycles. The van der Waals surface area contributed by atoms with Crippen molar-refractivity contribution in [2.24, 2.45) is 0 Å². The topological polar surface area (TPSA) is 98.3 Å². The van der Waals surface area contributed by atoms with Crippen molar-refractivity contribution in [2.75, 3.05) is 6.54 Å². The third kappa shape index (κ3) is 4.40. The minimum Gasteiger partial charge on any atom is -0.329 e. The molecule has 0 aliphatic rings. The van der Waals surface area contributed by atoms with E-state index in [1.54, 1.807) is 51.1 Å². The fourth-order valence-electron chi connectivity index (χ4n) is 4.11. The molecule has 3 aromatic carbocycles. The van der Waals surface area contributed by atoms with Crippen LogP contribution in [-0.4, -0.2) is 31.8 Å². The number of nitro groups is 1. The van der Waals surface area contributed by atoms with Gasteiger partial charge >= 0.3 is 0 Å². The van der Waals surface area contributed by atoms with E-state index in [1.807, 2.05) is 0 Å². The molecular weight excluding hydrogens is 451 g/mol. The van der Waals surface area contributed by atoms with E-state index in [0.29, 0.717) is 22.2 Å². The average molecular weight is 474 g/mol. The highest BCUT2D eigenvalue weighted by atomic mass is 19.1. The van der Waals surface area contributed by atoms with Crippen molar-refractivity contribution in [2.45, 2.75) is 26.8 Å². The van der Waals surface area contributed by atoms with Gasteiger partial charge < -0.3 is 4.90 Å². The molecule has 4 aromatic rings. The molecule has 0 saturated carbocycles. The highest BCUT2D eigenvalue weighted by molar-refractivity contribution is 5.95. The summed E-state index contributed by atoms with van der Waals surface area (Å²) in [7, 11) is 0. The van der Waals surface area contributed by atoms with Crippen molar-refractivity contribution >= 4 is 22.5 Å². The molecule has 4 rings (SSSR count). The summed E-state index contributed by atoms with van der Waals surface area (Å²) in [6.45, 7) is 5.37. The fraction of sp³-hybridized carbons (Fsp3) is 0.192. The molecule has 0 radical (unpaired) electrons. The minimum absolute atomic E-state index is 0.147. The number of para-hydroxylation sites is 1. The summed E-state index contributed by atoms with van der Waals surface area (Å²) in [5.41, 5.74) is 0.986. The second-order valence-electron chi connectivity index (χ2n) is 8.13. The molecular formula is C26H23FN4O4. The number of halogens is 1. The Hall–Kier alpha value is -4.40. The second kappa shape index (κ2) is 9.46. The van der Waals surface area contributed by atoms with Crippen molar-refractivity contribution in [1.29, 1.82) is 0 Å². The molecule has 0 fully saturated rings. The number of aryl methyl sites for hydroxylation is 1. The summed E-state index contributed by atoms with van der Waals surface area (Å²) in [5.74, 6) is -0.593. The lowest BCUT2D eigenvalue weighted by molar-refractivity contribution is -0.385. The predicted molar refractivity (Wildman–Crippen MR) is 130 cm³/mol. The molecule has 0 bridgehead atoms. The molecule has 9 heteroatoms. The van der Waals surface area contributed by atoms with E-state index >= 15 is 0 Å². The fourth-order valence-corrected chi connectivity index (χ4v) is 4.11. The first-order chi connectivity index (χ1) is 16.7. The Morgan fingerprint density at radius 1 is 1.14 bits per heavy atom. The van der Waals surface area contributed by atoms with Crippen LogP contribution in [-0.2, 0) is 0 Å². The summed E-state index contributed by atoms with van der Waals surface area (Å²) in [5, 5.41) is 11.8. The summed E-state index contributed by atoms with van der Waals surface area (Å²) >= 11 is 0. The minimum atomic E-state index is -0.685. The van der Waals surface area contributed by atoms with Crippen LogP contribution in [0.3, 0.4) is 0 Å². The Labute approximate surface area is 200 Å². The van der Waals surface area contributed by atoms with Gasteiger partial charge in [-0.3, -0.25) is 24.3 Å². The van der Waals surface area contributed by atoms with Gasteiger partial charge in [0.1, 0.15) is 11.6 Å². The van der Waals surface area contributed by atoms with E-state index in [0.717, 1.165) is 0 Å². The van der Waals surface area contributed by atoms with E-state index in [-0.39, 0.29) is 29.2 Å². The Kier molecular flexibility index (Phi) is 6.42. The lowest BCUT2D eigenvalue weighted by Gasteiger charge is -2.29. The number of nitrogens with zero attached hydrogens (tertiary/aromatic N) is 4. The first-order valence-electron chi connectivity index (χ1n) is 11.1. The smallest absolute Gasteiger partial charge is 0.273 e. The van der Waals surface area contributed by atoms with Gasteiger partial charge in [0.05, 0.1) is 27.6 Å². The molecule has 1 unspecified atom stereocenters. The maximum absolute atomic E-state index is 13.6. The molecule has 0 aliphatic heterocycles. The number of aromatic nitrogens is 2. The van der Waals surface area contributed by atoms with Gasteiger partial charge in [-0.15, -0.1) is 0 Å². The number of hydrogen-bond acceptors (Lipinski definition) is 5. The van der Waals surface area contributed by atoms with Crippen LogP contribution in [0.15, 0.2) is 71.5 Å². The van der Waals surface area contributed by atoms with Crippen molar-refractivity contribution in [3.8, 4) is 5.69 Å². The Balaban J connectivity index is 1.87. The largest absolute Gasteiger partial charge is 0.329 e. The average Bonchev–Trinajstić information content (AvgIpc) is 2.85. The first kappa shape index (κ1) is 23.7. The van der Waals surface area contributed by atoms with Crippen LogP contribution >= 0.6 is 0 Å². The van der Waals surface area contributed by atoms with Gasteiger partial charge in [0.2, 0.25) is 0 Å². The zero-order valence-corrected chi connectivity index (χ0v) is 19.4. The van der Waals surface area contributed by atoms with Gasteiger partial charge in [-0.2, -0.15) is 0 Å².